The number of ketones is 1. The molecule has 0 aliphatic rings. The number of halogens is 2. The molecule has 2 aromatic rings. The first-order valence-electron chi connectivity index (χ1n) is 5.41. The van der Waals surface area contributed by atoms with Gasteiger partial charge in [-0.25, -0.2) is 0 Å². The third-order valence-electron chi connectivity index (χ3n) is 2.55. The van der Waals surface area contributed by atoms with Crippen molar-refractivity contribution >= 4 is 41.4 Å². The maximum atomic E-state index is 12.9. The fraction of sp³-hybridized carbons (Fsp3) is 0.0714. The van der Waals surface area contributed by atoms with Crippen molar-refractivity contribution in [3.8, 4) is 0 Å². The van der Waals surface area contributed by atoms with Crippen LogP contribution >= 0.6 is 8.51 Å². The van der Waals surface area contributed by atoms with Gasteiger partial charge in [0.1, 0.15) is 0 Å². The van der Waals surface area contributed by atoms with E-state index in [1.54, 1.807) is 18.2 Å². The number of hydrogen-bond donors (Lipinski definition) is 0. The van der Waals surface area contributed by atoms with Gasteiger partial charge in [-0.2, -0.15) is 0 Å². The van der Waals surface area contributed by atoms with Crippen LogP contribution in [0.5, 0.6) is 0 Å². The molecule has 0 unspecified atom stereocenters. The Kier molecular flexibility index (Phi) is 4.47. The van der Waals surface area contributed by atoms with Crippen LogP contribution in [0.25, 0.3) is 0 Å². The first kappa shape index (κ1) is 13.6. The minimum atomic E-state index is -2.65. The second-order valence-electron chi connectivity index (χ2n) is 3.83. The third-order valence-corrected chi connectivity index (χ3v) is 11.9. The van der Waals surface area contributed by atoms with E-state index in [4.69, 9.17) is 8.51 Å². The summed E-state index contributed by atoms with van der Waals surface area (Å²) in [4.78, 5) is 11.6. The van der Waals surface area contributed by atoms with Gasteiger partial charge in [0, 0.05) is 0 Å². The number of rotatable bonds is 3. The zero-order valence-corrected chi connectivity index (χ0v) is 14.0. The molecule has 0 fully saturated rings. The van der Waals surface area contributed by atoms with Crippen LogP contribution in [0, 0.1) is 5.82 Å². The van der Waals surface area contributed by atoms with Crippen molar-refractivity contribution in [3.63, 3.8) is 0 Å². The Labute approximate surface area is 117 Å². The number of hydrogen-bond acceptors (Lipinski definition) is 1. The molecule has 0 bridgehead atoms. The van der Waals surface area contributed by atoms with Crippen LogP contribution in [-0.2, 0) is 0 Å². The van der Waals surface area contributed by atoms with E-state index < -0.39 is 20.6 Å². The molecule has 0 amide bonds. The number of carbonyl (C=O) groups excluding carboxylic acids is 1. The molecule has 0 saturated carbocycles. The van der Waals surface area contributed by atoms with E-state index in [0.29, 0.717) is 5.56 Å². The molecular formula is C14H11BiClFO. The minimum absolute atomic E-state index is 0.0216. The molecule has 0 N–H and O–H groups in total. The molecule has 0 spiro atoms. The molecule has 0 heterocycles. The van der Waals surface area contributed by atoms with Crippen LogP contribution in [0.1, 0.15) is 17.3 Å². The predicted molar refractivity (Wildman–Crippen MR) is 73.7 cm³/mol. The summed E-state index contributed by atoms with van der Waals surface area (Å²) >= 11 is -2.65. The fourth-order valence-electron chi connectivity index (χ4n) is 1.65. The van der Waals surface area contributed by atoms with Crippen LogP contribution in [-0.4, -0.2) is 26.3 Å². The van der Waals surface area contributed by atoms with Crippen molar-refractivity contribution in [2.45, 2.75) is 6.92 Å². The average Bonchev–Trinajstić information content (AvgIpc) is 2.39. The number of carbonyl (C=O) groups is 1. The van der Waals surface area contributed by atoms with Gasteiger partial charge in [0.05, 0.1) is 0 Å². The summed E-state index contributed by atoms with van der Waals surface area (Å²) in [5.74, 6) is -0.249. The van der Waals surface area contributed by atoms with Gasteiger partial charge in [0.25, 0.3) is 0 Å². The van der Waals surface area contributed by atoms with Gasteiger partial charge in [-0.15, -0.1) is 0 Å². The maximum absolute atomic E-state index is 12.9. The monoisotopic (exact) mass is 458 g/mol. The summed E-state index contributed by atoms with van der Waals surface area (Å²) in [5, 5.41) is 0. The number of benzene rings is 2. The second-order valence-corrected chi connectivity index (χ2v) is 12.9. The molecule has 0 aliphatic carbocycles. The van der Waals surface area contributed by atoms with E-state index >= 15 is 0 Å². The van der Waals surface area contributed by atoms with E-state index in [9.17, 15) is 9.18 Å². The van der Waals surface area contributed by atoms with E-state index in [-0.39, 0.29) is 11.6 Å². The summed E-state index contributed by atoms with van der Waals surface area (Å²) in [6.07, 6.45) is 0. The molecule has 4 heteroatoms. The molecule has 2 aromatic carbocycles. The fourth-order valence-corrected chi connectivity index (χ4v) is 9.18. The van der Waals surface area contributed by atoms with E-state index in [0.717, 1.165) is 6.54 Å². The molecule has 92 valence electrons. The van der Waals surface area contributed by atoms with Gasteiger partial charge >= 0.3 is 117 Å². The van der Waals surface area contributed by atoms with E-state index in [1.807, 2.05) is 18.2 Å². The molecule has 0 aromatic heterocycles. The SMILES string of the molecule is CC(=O)c1cccc[c]1[Bi]([Cl])[c]1ccc(F)cc1. The molecule has 2 rings (SSSR count). The Balaban J connectivity index is 2.42. The molecule has 18 heavy (non-hydrogen) atoms. The summed E-state index contributed by atoms with van der Waals surface area (Å²) < 4.78 is 14.8. The standard InChI is InChI=1S/C8H7O.C6H4F.Bi.ClH/c1-7(9)8-5-3-2-4-6-8;7-6-4-2-1-3-5-6;;/h2-5H,1H3;2-5H;;1H/q;;+1;/p-1. The van der Waals surface area contributed by atoms with Crippen LogP contribution in [0.3, 0.4) is 0 Å². The van der Waals surface area contributed by atoms with Crippen LogP contribution in [0.15, 0.2) is 48.5 Å². The Bertz CT molecular complexity index is 568. The van der Waals surface area contributed by atoms with Crippen LogP contribution in [0.4, 0.5) is 4.39 Å². The van der Waals surface area contributed by atoms with Crippen molar-refractivity contribution in [3.05, 3.63) is 59.9 Å². The van der Waals surface area contributed by atoms with Gasteiger partial charge < -0.3 is 0 Å². The Hall–Kier alpha value is -0.787. The van der Waals surface area contributed by atoms with Gasteiger partial charge in [0.15, 0.2) is 0 Å². The molecule has 0 saturated heterocycles. The molecule has 0 radical (unpaired) electrons. The van der Waals surface area contributed by atoms with E-state index in [1.165, 1.54) is 19.1 Å². The normalized spacial score (nSPS) is 10.7. The zero-order chi connectivity index (χ0) is 13.1. The molecular weight excluding hydrogens is 448 g/mol. The Morgan fingerprint density at radius 3 is 2.33 bits per heavy atom. The summed E-state index contributed by atoms with van der Waals surface area (Å²) in [5.41, 5.74) is 0.689. The molecule has 0 atom stereocenters. The number of Topliss-reactive ketones (excluding diaryl/α,β-unsaturated/α-hetero) is 1. The van der Waals surface area contributed by atoms with Gasteiger partial charge in [0.2, 0.25) is 0 Å². The summed E-state index contributed by atoms with van der Waals surface area (Å²) in [7, 11) is 6.56. The average molecular weight is 459 g/mol. The van der Waals surface area contributed by atoms with Crippen molar-refractivity contribution < 1.29 is 9.18 Å². The summed E-state index contributed by atoms with van der Waals surface area (Å²) in [6.45, 7) is 1.54. The zero-order valence-electron chi connectivity index (χ0n) is 9.73. The first-order valence-corrected chi connectivity index (χ1v) is 13.2. The van der Waals surface area contributed by atoms with E-state index in [2.05, 4.69) is 0 Å². The van der Waals surface area contributed by atoms with Crippen molar-refractivity contribution in [1.82, 2.24) is 0 Å². The van der Waals surface area contributed by atoms with Gasteiger partial charge in [-0.3, -0.25) is 0 Å². The van der Waals surface area contributed by atoms with Crippen LogP contribution in [0.2, 0.25) is 0 Å². The van der Waals surface area contributed by atoms with Crippen molar-refractivity contribution in [1.29, 1.82) is 0 Å². The molecule has 1 nitrogen and oxygen atoms in total. The molecule has 0 aliphatic heterocycles. The summed E-state index contributed by atoms with van der Waals surface area (Å²) in [6, 6.07) is 13.7. The van der Waals surface area contributed by atoms with Gasteiger partial charge in [-0.1, -0.05) is 0 Å². The van der Waals surface area contributed by atoms with Crippen molar-refractivity contribution in [2.75, 3.05) is 0 Å². The Morgan fingerprint density at radius 1 is 1.11 bits per heavy atom. The third kappa shape index (κ3) is 2.96. The second kappa shape index (κ2) is 5.90. The predicted octanol–water partition coefficient (Wildman–Crippen LogP) is 2.37. The first-order chi connectivity index (χ1) is 8.59. The van der Waals surface area contributed by atoms with Crippen molar-refractivity contribution in [2.24, 2.45) is 0 Å². The van der Waals surface area contributed by atoms with Crippen LogP contribution < -0.4 is 6.54 Å². The quantitative estimate of drug-likeness (QED) is 0.510. The van der Waals surface area contributed by atoms with Gasteiger partial charge in [-0.05, 0) is 0 Å². The topological polar surface area (TPSA) is 17.1 Å². The Morgan fingerprint density at radius 2 is 1.72 bits per heavy atom.